The lowest BCUT2D eigenvalue weighted by atomic mass is 9.93. The summed E-state index contributed by atoms with van der Waals surface area (Å²) in [4.78, 5) is 10.9. The molecule has 0 spiro atoms. The van der Waals surface area contributed by atoms with Crippen LogP contribution in [0.3, 0.4) is 0 Å². The third-order valence-corrected chi connectivity index (χ3v) is 5.45. The molecule has 2 atom stereocenters. The van der Waals surface area contributed by atoms with Crippen molar-refractivity contribution in [1.82, 2.24) is 19.8 Å². The van der Waals surface area contributed by atoms with E-state index in [1.54, 1.807) is 0 Å². The highest BCUT2D eigenvalue weighted by Crippen LogP contribution is 2.29. The Bertz CT molecular complexity index is 521. The Labute approximate surface area is 138 Å². The third kappa shape index (κ3) is 3.68. The van der Waals surface area contributed by atoms with Gasteiger partial charge in [-0.3, -0.25) is 4.99 Å². The number of imidazole rings is 1. The lowest BCUT2D eigenvalue weighted by Gasteiger charge is -2.39. The van der Waals surface area contributed by atoms with Crippen LogP contribution in [0.2, 0.25) is 0 Å². The summed E-state index contributed by atoms with van der Waals surface area (Å²) in [7, 11) is 1.82. The van der Waals surface area contributed by atoms with Gasteiger partial charge in [0, 0.05) is 39.1 Å². The summed E-state index contributed by atoms with van der Waals surface area (Å²) in [5.74, 6) is 1.53. The van der Waals surface area contributed by atoms with Gasteiger partial charge in [-0.15, -0.1) is 0 Å². The predicted octanol–water partition coefficient (Wildman–Crippen LogP) is 1.65. The van der Waals surface area contributed by atoms with Crippen molar-refractivity contribution in [3.63, 3.8) is 0 Å². The first-order chi connectivity index (χ1) is 11.1. The van der Waals surface area contributed by atoms with Crippen molar-refractivity contribution in [3.05, 3.63) is 18.7 Å². The standard InChI is InChI=1S/C17H29N5O/c1-14-5-9-21(11-15(14)22-10-8-19-13-22)16(18-2)20-12-17(23)6-3-4-7-17/h8,10,13-15,23H,3-7,9,11-12H2,1-2H3,(H,18,20). The highest BCUT2D eigenvalue weighted by Gasteiger charge is 2.33. The number of hydrogen-bond donors (Lipinski definition) is 2. The number of nitrogens with zero attached hydrogens (tertiary/aromatic N) is 4. The van der Waals surface area contributed by atoms with Crippen LogP contribution >= 0.6 is 0 Å². The highest BCUT2D eigenvalue weighted by molar-refractivity contribution is 5.80. The van der Waals surface area contributed by atoms with E-state index in [0.29, 0.717) is 18.5 Å². The van der Waals surface area contributed by atoms with Gasteiger partial charge in [-0.25, -0.2) is 4.98 Å². The second-order valence-electron chi connectivity index (χ2n) is 7.12. The zero-order chi connectivity index (χ0) is 16.3. The lowest BCUT2D eigenvalue weighted by molar-refractivity contribution is 0.0510. The SMILES string of the molecule is CN=C(NCC1(O)CCCC1)N1CCC(C)C(n2ccnc2)C1. The molecule has 1 saturated heterocycles. The molecule has 0 bridgehead atoms. The van der Waals surface area contributed by atoms with E-state index >= 15 is 0 Å². The molecule has 2 heterocycles. The average molecular weight is 319 g/mol. The molecule has 2 aliphatic rings. The number of guanidine groups is 1. The average Bonchev–Trinajstić information content (AvgIpc) is 3.21. The van der Waals surface area contributed by atoms with Gasteiger partial charge in [0.1, 0.15) is 0 Å². The van der Waals surface area contributed by atoms with E-state index in [-0.39, 0.29) is 0 Å². The summed E-state index contributed by atoms with van der Waals surface area (Å²) in [5.41, 5.74) is -0.553. The van der Waals surface area contributed by atoms with E-state index < -0.39 is 5.60 Å². The van der Waals surface area contributed by atoms with Gasteiger partial charge in [-0.2, -0.15) is 0 Å². The molecule has 3 rings (SSSR count). The van der Waals surface area contributed by atoms with Crippen molar-refractivity contribution in [2.45, 2.75) is 50.7 Å². The van der Waals surface area contributed by atoms with Crippen LogP contribution in [0.15, 0.2) is 23.7 Å². The van der Waals surface area contributed by atoms with Gasteiger partial charge in [0.25, 0.3) is 0 Å². The van der Waals surface area contributed by atoms with Crippen LogP contribution in [0.1, 0.15) is 45.1 Å². The zero-order valence-corrected chi connectivity index (χ0v) is 14.3. The first-order valence-electron chi connectivity index (χ1n) is 8.77. The molecule has 6 heteroatoms. The first-order valence-corrected chi connectivity index (χ1v) is 8.77. The molecular formula is C17H29N5O. The van der Waals surface area contributed by atoms with Crippen molar-refractivity contribution in [2.75, 3.05) is 26.7 Å². The van der Waals surface area contributed by atoms with Crippen LogP contribution in [-0.4, -0.2) is 57.8 Å². The lowest BCUT2D eigenvalue weighted by Crippen LogP contribution is -2.52. The van der Waals surface area contributed by atoms with Crippen LogP contribution in [0, 0.1) is 5.92 Å². The number of hydrogen-bond acceptors (Lipinski definition) is 3. The Morgan fingerprint density at radius 2 is 2.22 bits per heavy atom. The van der Waals surface area contributed by atoms with E-state index in [2.05, 4.69) is 31.7 Å². The summed E-state index contributed by atoms with van der Waals surface area (Å²) in [6.07, 6.45) is 11.0. The van der Waals surface area contributed by atoms with Crippen LogP contribution in [-0.2, 0) is 0 Å². The maximum absolute atomic E-state index is 10.5. The summed E-state index contributed by atoms with van der Waals surface area (Å²) in [5, 5.41) is 13.9. The van der Waals surface area contributed by atoms with Crippen molar-refractivity contribution in [3.8, 4) is 0 Å². The molecule has 6 nitrogen and oxygen atoms in total. The largest absolute Gasteiger partial charge is 0.388 e. The molecule has 2 unspecified atom stereocenters. The minimum absolute atomic E-state index is 0.416. The quantitative estimate of drug-likeness (QED) is 0.657. The normalized spacial score (nSPS) is 28.1. The van der Waals surface area contributed by atoms with Crippen molar-refractivity contribution in [1.29, 1.82) is 0 Å². The van der Waals surface area contributed by atoms with Gasteiger partial charge in [0.2, 0.25) is 0 Å². The Hall–Kier alpha value is -1.56. The number of aliphatic hydroxyl groups is 1. The molecule has 2 fully saturated rings. The van der Waals surface area contributed by atoms with Crippen LogP contribution in [0.5, 0.6) is 0 Å². The van der Waals surface area contributed by atoms with Gasteiger partial charge in [0.05, 0.1) is 18.0 Å². The molecule has 0 radical (unpaired) electrons. The van der Waals surface area contributed by atoms with Gasteiger partial charge < -0.3 is 19.9 Å². The van der Waals surface area contributed by atoms with Crippen molar-refractivity contribution < 1.29 is 5.11 Å². The van der Waals surface area contributed by atoms with Crippen LogP contribution in [0.25, 0.3) is 0 Å². The monoisotopic (exact) mass is 319 g/mol. The second kappa shape index (κ2) is 6.91. The fourth-order valence-electron chi connectivity index (χ4n) is 3.88. The summed E-state index contributed by atoms with van der Waals surface area (Å²) in [6, 6.07) is 0.416. The number of likely N-dealkylation sites (tertiary alicyclic amines) is 1. The topological polar surface area (TPSA) is 65.7 Å². The minimum atomic E-state index is -0.553. The minimum Gasteiger partial charge on any atom is -0.388 e. The van der Waals surface area contributed by atoms with E-state index in [9.17, 15) is 5.11 Å². The smallest absolute Gasteiger partial charge is 0.193 e. The fraction of sp³-hybridized carbons (Fsp3) is 0.765. The van der Waals surface area contributed by atoms with Crippen LogP contribution < -0.4 is 5.32 Å². The van der Waals surface area contributed by atoms with Crippen LogP contribution in [0.4, 0.5) is 0 Å². The molecule has 1 aliphatic carbocycles. The molecule has 1 aliphatic heterocycles. The molecular weight excluding hydrogens is 290 g/mol. The van der Waals surface area contributed by atoms with E-state index in [0.717, 1.165) is 51.2 Å². The van der Waals surface area contributed by atoms with E-state index in [4.69, 9.17) is 0 Å². The molecule has 2 N–H and O–H groups in total. The highest BCUT2D eigenvalue weighted by atomic mass is 16.3. The second-order valence-corrected chi connectivity index (χ2v) is 7.12. The summed E-state index contributed by atoms with van der Waals surface area (Å²) in [6.45, 7) is 4.83. The Morgan fingerprint density at radius 3 is 2.87 bits per heavy atom. The number of piperidine rings is 1. The Kier molecular flexibility index (Phi) is 4.90. The molecule has 128 valence electrons. The van der Waals surface area contributed by atoms with E-state index in [1.807, 2.05) is 25.8 Å². The predicted molar refractivity (Wildman–Crippen MR) is 91.4 cm³/mol. The Morgan fingerprint density at radius 1 is 1.43 bits per heavy atom. The molecule has 1 aromatic heterocycles. The molecule has 23 heavy (non-hydrogen) atoms. The first kappa shape index (κ1) is 16.3. The molecule has 0 amide bonds. The molecule has 0 aromatic carbocycles. The molecule has 1 saturated carbocycles. The number of aliphatic imine (C=N–C) groups is 1. The van der Waals surface area contributed by atoms with Gasteiger partial charge in [0.15, 0.2) is 5.96 Å². The fourth-order valence-corrected chi connectivity index (χ4v) is 3.88. The maximum atomic E-state index is 10.5. The van der Waals surface area contributed by atoms with Crippen molar-refractivity contribution in [2.24, 2.45) is 10.9 Å². The number of rotatable bonds is 3. The number of nitrogens with one attached hydrogen (secondary N) is 1. The summed E-state index contributed by atoms with van der Waals surface area (Å²) >= 11 is 0. The maximum Gasteiger partial charge on any atom is 0.193 e. The summed E-state index contributed by atoms with van der Waals surface area (Å²) < 4.78 is 2.20. The third-order valence-electron chi connectivity index (χ3n) is 5.45. The van der Waals surface area contributed by atoms with Crippen molar-refractivity contribution >= 4 is 5.96 Å². The molecule has 1 aromatic rings. The Balaban J connectivity index is 1.62. The van der Waals surface area contributed by atoms with Gasteiger partial charge in [-0.05, 0) is 25.2 Å². The zero-order valence-electron chi connectivity index (χ0n) is 14.3. The van der Waals surface area contributed by atoms with Gasteiger partial charge >= 0.3 is 0 Å². The number of aromatic nitrogens is 2. The van der Waals surface area contributed by atoms with E-state index in [1.165, 1.54) is 0 Å². The van der Waals surface area contributed by atoms with Gasteiger partial charge in [-0.1, -0.05) is 19.8 Å².